The van der Waals surface area contributed by atoms with Crippen LogP contribution in [0.15, 0.2) is 71.8 Å². The molecule has 1 saturated heterocycles. The van der Waals surface area contributed by atoms with Crippen LogP contribution in [0.25, 0.3) is 0 Å². The summed E-state index contributed by atoms with van der Waals surface area (Å²) in [4.78, 5) is 108. The van der Waals surface area contributed by atoms with Gasteiger partial charge >= 0.3 is 23.9 Å². The first kappa shape index (κ1) is 67.3. The first-order valence-electron chi connectivity index (χ1n) is 24.5. The van der Waals surface area contributed by atoms with Gasteiger partial charge in [-0.15, -0.1) is 0 Å². The molecule has 2 bridgehead atoms. The molecule has 2 aromatic carbocycles. The fourth-order valence-electron chi connectivity index (χ4n) is 11.0. The number of amides is 2. The van der Waals surface area contributed by atoms with E-state index in [0.29, 0.717) is 25.2 Å². The Kier molecular flexibility index (Phi) is 24.6. The lowest BCUT2D eigenvalue weighted by molar-refractivity contribution is -0.346. The Morgan fingerprint density at radius 2 is 1.44 bits per heavy atom. The number of ketones is 2. The lowest BCUT2D eigenvalue weighted by Crippen LogP contribution is -2.81. The Labute approximate surface area is 454 Å². The molecule has 1 aliphatic heterocycles. The van der Waals surface area contributed by atoms with Crippen LogP contribution in [0.4, 0.5) is 0 Å². The normalized spacial score (nSPS) is 27.3. The minimum absolute atomic E-state index is 0. The SMILES string of the molecule is C.C.C.CC(=O)COCCCCCOCCC(=O)NCC(=O)O[C@@H](C(=O)O[C@H]1C[C@@]2(O)[C@@H](OC(=O)c3ccccc3)C3C(C)(C(=O)[C@H](O)C(=C1C)C2(C)C)[C@@H](O)CC1OC[C@]13OC(C)=O)[C@@H](NC(C)=O)c1ccccc1.[B]. The minimum Gasteiger partial charge on any atom is -0.455 e. The quantitative estimate of drug-likeness (QED) is 0.0362. The van der Waals surface area contributed by atoms with Gasteiger partial charge in [-0.3, -0.25) is 28.8 Å². The number of unbranched alkanes of at least 4 members (excludes halogenated alkanes) is 2. The van der Waals surface area contributed by atoms with Gasteiger partial charge in [0.2, 0.25) is 17.9 Å². The summed E-state index contributed by atoms with van der Waals surface area (Å²) in [5.74, 6) is -7.93. The topological polar surface area (TPSA) is 286 Å². The van der Waals surface area contributed by atoms with Crippen LogP contribution in [0.3, 0.4) is 0 Å². The number of hydrogen-bond acceptors (Lipinski definition) is 18. The van der Waals surface area contributed by atoms with E-state index in [1.165, 1.54) is 53.7 Å². The van der Waals surface area contributed by atoms with Crippen molar-refractivity contribution >= 4 is 55.7 Å². The van der Waals surface area contributed by atoms with Crippen molar-refractivity contribution in [1.29, 1.82) is 0 Å². The van der Waals surface area contributed by atoms with Crippen LogP contribution < -0.4 is 10.6 Å². The third-order valence-corrected chi connectivity index (χ3v) is 14.8. The highest BCUT2D eigenvalue weighted by Gasteiger charge is 2.78. The number of Topliss-reactive ketones (excluding diaryl/α,β-unsaturated/α-hetero) is 2. The van der Waals surface area contributed by atoms with Gasteiger partial charge in [0.25, 0.3) is 0 Å². The number of rotatable bonds is 22. The van der Waals surface area contributed by atoms with Crippen LogP contribution >= 0.6 is 0 Å². The molecule has 0 spiro atoms. The molecule has 5 N–H and O–H groups in total. The summed E-state index contributed by atoms with van der Waals surface area (Å²) in [5, 5.41) is 43.1. The van der Waals surface area contributed by atoms with Crippen molar-refractivity contribution in [2.24, 2.45) is 16.7 Å². The number of ether oxygens (including phenoxy) is 7. The molecular formula is C56H80BN2O18. The van der Waals surface area contributed by atoms with Gasteiger partial charge in [-0.25, -0.2) is 9.59 Å². The molecule has 3 radical (unpaired) electrons. The Morgan fingerprint density at radius 3 is 2.01 bits per heavy atom. The Balaban J connectivity index is 0.00000507. The van der Waals surface area contributed by atoms with Gasteiger partial charge in [0.1, 0.15) is 49.2 Å². The number of aliphatic hydroxyl groups excluding tert-OH is 2. The lowest BCUT2D eigenvalue weighted by atomic mass is 9.44. The Hall–Kier alpha value is -5.84. The van der Waals surface area contributed by atoms with Crippen LogP contribution in [0.1, 0.15) is 131 Å². The molecule has 6 rings (SSSR count). The maximum absolute atomic E-state index is 15.2. The molecule has 425 valence electrons. The van der Waals surface area contributed by atoms with Crippen molar-refractivity contribution in [1.82, 2.24) is 10.6 Å². The molecule has 0 aromatic heterocycles. The largest absolute Gasteiger partial charge is 0.455 e. The van der Waals surface area contributed by atoms with E-state index < -0.39 is 125 Å². The molecule has 3 fully saturated rings. The van der Waals surface area contributed by atoms with Crippen LogP contribution in [0.5, 0.6) is 0 Å². The van der Waals surface area contributed by atoms with E-state index in [1.807, 2.05) is 0 Å². The highest BCUT2D eigenvalue weighted by molar-refractivity contribution is 5.94. The second kappa shape index (κ2) is 28.2. The third-order valence-electron chi connectivity index (χ3n) is 14.8. The molecule has 4 aliphatic rings. The maximum Gasteiger partial charge on any atom is 0.350 e. The van der Waals surface area contributed by atoms with E-state index in [1.54, 1.807) is 48.5 Å². The van der Waals surface area contributed by atoms with E-state index >= 15 is 4.79 Å². The van der Waals surface area contributed by atoms with Crippen molar-refractivity contribution < 1.29 is 86.8 Å². The Morgan fingerprint density at radius 1 is 0.831 bits per heavy atom. The zero-order chi connectivity index (χ0) is 53.5. The summed E-state index contributed by atoms with van der Waals surface area (Å²) < 4.78 is 41.1. The van der Waals surface area contributed by atoms with Crippen LogP contribution in [0.2, 0.25) is 0 Å². The summed E-state index contributed by atoms with van der Waals surface area (Å²) in [6.07, 6.45) is -8.87. The van der Waals surface area contributed by atoms with Crippen molar-refractivity contribution in [3.8, 4) is 0 Å². The first-order valence-corrected chi connectivity index (χ1v) is 24.5. The van der Waals surface area contributed by atoms with E-state index in [-0.39, 0.29) is 85.8 Å². The van der Waals surface area contributed by atoms with E-state index in [2.05, 4.69) is 10.6 Å². The van der Waals surface area contributed by atoms with Gasteiger partial charge in [0.05, 0.1) is 36.2 Å². The molecule has 3 aliphatic carbocycles. The molecule has 1 heterocycles. The smallest absolute Gasteiger partial charge is 0.350 e. The molecular weight excluding hydrogens is 999 g/mol. The predicted octanol–water partition coefficient (Wildman–Crippen LogP) is 4.25. The summed E-state index contributed by atoms with van der Waals surface area (Å²) >= 11 is 0. The van der Waals surface area contributed by atoms with E-state index in [4.69, 9.17) is 33.2 Å². The highest BCUT2D eigenvalue weighted by atomic mass is 16.6. The first-order chi connectivity index (χ1) is 34.5. The molecule has 2 amide bonds. The fraction of sp³-hybridized carbons (Fsp3) is 0.607. The number of esters is 4. The molecule has 2 saturated carbocycles. The van der Waals surface area contributed by atoms with E-state index in [9.17, 15) is 48.9 Å². The number of carbonyl (C=O) groups excluding carboxylic acids is 8. The number of carbonyl (C=O) groups is 8. The van der Waals surface area contributed by atoms with Crippen LogP contribution in [-0.2, 0) is 66.7 Å². The number of benzene rings is 2. The van der Waals surface area contributed by atoms with Gasteiger partial charge in [-0.2, -0.15) is 0 Å². The van der Waals surface area contributed by atoms with Crippen molar-refractivity contribution in [2.75, 3.05) is 39.6 Å². The van der Waals surface area contributed by atoms with Gasteiger partial charge in [0.15, 0.2) is 17.2 Å². The van der Waals surface area contributed by atoms with Crippen molar-refractivity contribution in [3.05, 3.63) is 82.9 Å². The predicted molar refractivity (Wildman–Crippen MR) is 282 cm³/mol. The number of nitrogens with one attached hydrogen (secondary N) is 2. The zero-order valence-corrected chi connectivity index (χ0v) is 42.9. The molecule has 3 unspecified atom stereocenters. The lowest BCUT2D eigenvalue weighted by Gasteiger charge is -2.67. The minimum atomic E-state index is -2.45. The van der Waals surface area contributed by atoms with Crippen LogP contribution in [-0.4, -0.2) is 158 Å². The van der Waals surface area contributed by atoms with Gasteiger partial charge in [0, 0.05) is 60.2 Å². The summed E-state index contributed by atoms with van der Waals surface area (Å²) in [7, 11) is 0. The molecule has 2 aromatic rings. The second-order valence-electron chi connectivity index (χ2n) is 20.0. The molecule has 77 heavy (non-hydrogen) atoms. The zero-order valence-electron chi connectivity index (χ0n) is 42.9. The monoisotopic (exact) mass is 1080 g/mol. The molecule has 11 atom stereocenters. The summed E-state index contributed by atoms with van der Waals surface area (Å²) in [5.41, 5.74) is -7.72. The number of hydrogen-bond donors (Lipinski definition) is 5. The Bertz CT molecular complexity index is 2420. The second-order valence-corrected chi connectivity index (χ2v) is 20.0. The maximum atomic E-state index is 15.2. The highest BCUT2D eigenvalue weighted by Crippen LogP contribution is 2.64. The van der Waals surface area contributed by atoms with Crippen LogP contribution in [0, 0.1) is 16.7 Å². The fourth-order valence-corrected chi connectivity index (χ4v) is 11.0. The van der Waals surface area contributed by atoms with Gasteiger partial charge in [-0.1, -0.05) is 84.7 Å². The summed E-state index contributed by atoms with van der Waals surface area (Å²) in [6, 6.07) is 14.4. The number of fused-ring (bicyclic) bond motifs is 5. The number of aliphatic hydroxyl groups is 3. The molecule has 21 heteroatoms. The third kappa shape index (κ3) is 14.3. The van der Waals surface area contributed by atoms with E-state index in [0.717, 1.165) is 19.8 Å². The van der Waals surface area contributed by atoms with Crippen molar-refractivity contribution in [2.45, 2.75) is 163 Å². The van der Waals surface area contributed by atoms with Crippen molar-refractivity contribution in [3.63, 3.8) is 0 Å². The van der Waals surface area contributed by atoms with Gasteiger partial charge < -0.3 is 59.1 Å². The molecule has 20 nitrogen and oxygen atoms in total. The van der Waals surface area contributed by atoms with Gasteiger partial charge in [-0.05, 0) is 68.9 Å². The average molecular weight is 1080 g/mol. The average Bonchev–Trinajstić information content (AvgIpc) is 3.33. The standard InChI is InChI=1S/C53H68N2O18.3CH4.B/c1-30(56)28-68-23-16-10-15-22-67-24-21-39(60)54-27-40(61)71-44(42(55-32(3)57)34-17-11-8-12-18-34)49(65)70-36-26-53(66)47(72-48(64)35-19-13-9-14-20-35)45-51(7,46(63)43(62)41(31(36)2)50(53,5)6)37(59)25-38-52(45,29-69-38)73-33(4)58;;;;/h8-9,11-14,17-20,36-38,42-45,47,59,62,66H,10,15-16,21-29H2,1-7H3,(H,54,60)(H,55,57);3*1H4;/t36-,37-,38?,42-,43+,44+,45?,47-,51?,52-,53+;;;;/m0..../s1. The summed E-state index contributed by atoms with van der Waals surface area (Å²) in [6.45, 7) is 9.50.